The number of hydrogen-bond acceptors (Lipinski definition) is 7. The van der Waals surface area contributed by atoms with E-state index in [2.05, 4.69) is 20.0 Å². The van der Waals surface area contributed by atoms with Crippen LogP contribution in [0, 0.1) is 0 Å². The maximum absolute atomic E-state index is 12.4. The number of alkyl halides is 3. The van der Waals surface area contributed by atoms with Crippen molar-refractivity contribution in [3.8, 4) is 0 Å². The van der Waals surface area contributed by atoms with E-state index in [0.29, 0.717) is 5.56 Å². The van der Waals surface area contributed by atoms with Crippen LogP contribution in [0.4, 0.5) is 18.9 Å². The van der Waals surface area contributed by atoms with Gasteiger partial charge in [-0.2, -0.15) is 13.2 Å². The summed E-state index contributed by atoms with van der Waals surface area (Å²) in [5.41, 5.74) is 1.33. The molecule has 4 rings (SSSR count). The van der Waals surface area contributed by atoms with Crippen molar-refractivity contribution in [2.45, 2.75) is 58.2 Å². The summed E-state index contributed by atoms with van der Waals surface area (Å²) in [6, 6.07) is 6.78. The van der Waals surface area contributed by atoms with Crippen LogP contribution in [0.25, 0.3) is 0 Å². The van der Waals surface area contributed by atoms with E-state index in [9.17, 15) is 13.2 Å². The second-order valence-electron chi connectivity index (χ2n) is 7.62. The molecule has 0 atom stereocenters. The number of hydrogen-bond donors (Lipinski definition) is 2. The quantitative estimate of drug-likeness (QED) is 0.410. The first-order chi connectivity index (χ1) is 16.3. The molecule has 34 heavy (non-hydrogen) atoms. The van der Waals surface area contributed by atoms with Crippen molar-refractivity contribution < 1.29 is 18.3 Å². The zero-order chi connectivity index (χ0) is 25.4. The molecule has 1 saturated carbocycles. The Kier molecular flexibility index (Phi) is 16.5. The molecule has 1 aromatic rings. The molecule has 2 N–H and O–H groups in total. The minimum Gasteiger partial charge on any atom is -0.393 e. The first-order valence-electron chi connectivity index (χ1n) is 11.8. The lowest BCUT2D eigenvalue weighted by atomic mass is 9.97. The molecule has 0 bridgehead atoms. The summed E-state index contributed by atoms with van der Waals surface area (Å²) in [5.74, 6) is 1.19. The van der Waals surface area contributed by atoms with E-state index in [1.54, 1.807) is 36.2 Å². The Hall–Kier alpha value is -0.520. The van der Waals surface area contributed by atoms with Crippen LogP contribution in [0.5, 0.6) is 0 Å². The number of aliphatic hydroxyl groups excluding tert-OH is 1. The van der Waals surface area contributed by atoms with E-state index in [-0.39, 0.29) is 6.10 Å². The van der Waals surface area contributed by atoms with E-state index in [1.165, 1.54) is 16.4 Å². The van der Waals surface area contributed by atoms with Gasteiger partial charge in [-0.15, -0.1) is 11.8 Å². The van der Waals surface area contributed by atoms with Gasteiger partial charge >= 0.3 is 6.18 Å². The number of aliphatic hydroxyl groups is 1. The molecule has 0 spiro atoms. The lowest BCUT2D eigenvalue weighted by Gasteiger charge is -2.35. The van der Waals surface area contributed by atoms with Crippen LogP contribution in [0.1, 0.15) is 45.1 Å². The Morgan fingerprint density at radius 2 is 1.65 bits per heavy atom. The zero-order valence-electron chi connectivity index (χ0n) is 20.7. The van der Waals surface area contributed by atoms with E-state index < -0.39 is 12.6 Å². The number of nitrogens with zero attached hydrogens (tertiary/aromatic N) is 2. The molecule has 2 heterocycles. The van der Waals surface area contributed by atoms with E-state index >= 15 is 0 Å². The predicted octanol–water partition coefficient (Wildman–Crippen LogP) is 6.58. The van der Waals surface area contributed by atoms with Crippen LogP contribution in [0.3, 0.4) is 0 Å². The smallest absolute Gasteiger partial charge is 0.393 e. The monoisotopic (exact) mass is 539 g/mol. The number of anilines is 1. The molecule has 2 aliphatic heterocycles. The van der Waals surface area contributed by atoms with E-state index in [0.717, 1.165) is 51.1 Å². The van der Waals surface area contributed by atoms with Crippen LogP contribution in [-0.4, -0.2) is 66.9 Å². The van der Waals surface area contributed by atoms with Gasteiger partial charge in [0.2, 0.25) is 0 Å². The Morgan fingerprint density at radius 3 is 2.03 bits per heavy atom. The number of rotatable bonds is 5. The predicted molar refractivity (Wildman–Crippen MR) is 147 cm³/mol. The molecule has 3 aliphatic rings. The second kappa shape index (κ2) is 17.8. The largest absolute Gasteiger partial charge is 0.393 e. The third-order valence-corrected chi connectivity index (χ3v) is 7.96. The summed E-state index contributed by atoms with van der Waals surface area (Å²) < 4.78 is 43.8. The molecule has 0 aromatic heterocycles. The molecule has 196 valence electrons. The summed E-state index contributed by atoms with van der Waals surface area (Å²) in [5, 5.41) is 8.45. The summed E-state index contributed by atoms with van der Waals surface area (Å²) >= 11 is 5.36. The Morgan fingerprint density at radius 1 is 1.09 bits per heavy atom. The van der Waals surface area contributed by atoms with E-state index in [1.807, 2.05) is 50.9 Å². The minimum atomic E-state index is -4.14. The molecule has 10 heteroatoms. The SMILES string of the molecule is CC.CNSC.FC(F)(F)Cc1ccc(N2CCN(SC3=CCCS3)CC2)cc1.OC1CCC1. The fraction of sp³-hybridized carbons (Fsp3) is 0.667. The molecular formula is C24H40F3N3OS3. The maximum Gasteiger partial charge on any atom is 0.393 e. The average molecular weight is 540 g/mol. The summed E-state index contributed by atoms with van der Waals surface area (Å²) in [6.45, 7) is 7.74. The van der Waals surface area contributed by atoms with Crippen LogP contribution < -0.4 is 9.62 Å². The lowest BCUT2D eigenvalue weighted by Crippen LogP contribution is -2.43. The molecule has 0 unspecified atom stereocenters. The maximum atomic E-state index is 12.4. The standard InChI is InChI=1S/C16H19F3N2S2.C4H8O.C2H7NS.C2H6/c17-16(18,19)12-13-3-5-14(6-4-13)20-7-9-21(10-8-20)23-15-2-1-11-22-15;5-4-2-1-3-4;1-3-4-2;1-2/h2-6H,1,7-12H2;4-5H,1-3H2;3H,1-2H3;1-2H3. The van der Waals surface area contributed by atoms with Crippen molar-refractivity contribution in [1.29, 1.82) is 0 Å². The number of nitrogens with one attached hydrogen (secondary N) is 1. The third-order valence-electron chi connectivity index (χ3n) is 5.12. The molecule has 4 nitrogen and oxygen atoms in total. The first-order valence-corrected chi connectivity index (χ1v) is 14.8. The summed E-state index contributed by atoms with van der Waals surface area (Å²) in [6.07, 6.45) is 3.83. The highest BCUT2D eigenvalue weighted by atomic mass is 32.2. The Bertz CT molecular complexity index is 676. The molecule has 0 amide bonds. The van der Waals surface area contributed by atoms with Gasteiger partial charge in [-0.3, -0.25) is 4.72 Å². The first kappa shape index (κ1) is 31.5. The van der Waals surface area contributed by atoms with Crippen molar-refractivity contribution in [2.24, 2.45) is 0 Å². The van der Waals surface area contributed by atoms with Crippen LogP contribution in [0.15, 0.2) is 34.6 Å². The number of benzene rings is 1. The van der Waals surface area contributed by atoms with Crippen molar-refractivity contribution >= 4 is 41.3 Å². The topological polar surface area (TPSA) is 38.7 Å². The van der Waals surface area contributed by atoms with Gasteiger partial charge in [-0.25, -0.2) is 4.31 Å². The average Bonchev–Trinajstić information content (AvgIpc) is 3.33. The van der Waals surface area contributed by atoms with Gasteiger partial charge in [0.05, 0.1) is 16.8 Å². The van der Waals surface area contributed by atoms with Crippen LogP contribution in [-0.2, 0) is 6.42 Å². The van der Waals surface area contributed by atoms with Gasteiger partial charge in [0.15, 0.2) is 0 Å². The molecule has 1 saturated heterocycles. The molecule has 2 fully saturated rings. The number of halogens is 3. The van der Waals surface area contributed by atoms with Gasteiger partial charge < -0.3 is 10.0 Å². The number of thioether (sulfide) groups is 1. The van der Waals surface area contributed by atoms with Crippen molar-refractivity contribution in [3.05, 3.63) is 40.1 Å². The normalized spacial score (nSPS) is 18.4. The fourth-order valence-electron chi connectivity index (χ4n) is 3.07. The molecular weight excluding hydrogens is 499 g/mol. The fourth-order valence-corrected chi connectivity index (χ4v) is 5.31. The highest BCUT2D eigenvalue weighted by Crippen LogP contribution is 2.37. The second-order valence-corrected chi connectivity index (χ2v) is 11.0. The summed E-state index contributed by atoms with van der Waals surface area (Å²) in [7, 11) is 1.89. The highest BCUT2D eigenvalue weighted by Gasteiger charge is 2.27. The highest BCUT2D eigenvalue weighted by molar-refractivity contribution is 8.21. The van der Waals surface area contributed by atoms with Gasteiger partial charge in [-0.1, -0.05) is 44.0 Å². The molecule has 1 aromatic carbocycles. The van der Waals surface area contributed by atoms with E-state index in [4.69, 9.17) is 5.11 Å². The Labute approximate surface area is 216 Å². The molecule has 1 aliphatic carbocycles. The third kappa shape index (κ3) is 13.5. The van der Waals surface area contributed by atoms with Gasteiger partial charge in [0.1, 0.15) is 0 Å². The number of allylic oxidation sites excluding steroid dienone is 1. The van der Waals surface area contributed by atoms with Gasteiger partial charge in [0, 0.05) is 37.6 Å². The van der Waals surface area contributed by atoms with Gasteiger partial charge in [0.25, 0.3) is 0 Å². The minimum absolute atomic E-state index is 0.0648. The zero-order valence-corrected chi connectivity index (χ0v) is 23.2. The van der Waals surface area contributed by atoms with Gasteiger partial charge in [-0.05, 0) is 68.6 Å². The van der Waals surface area contributed by atoms with Crippen molar-refractivity contribution in [1.82, 2.24) is 9.03 Å². The van der Waals surface area contributed by atoms with Crippen molar-refractivity contribution in [2.75, 3.05) is 50.1 Å². The number of piperazine rings is 1. The van der Waals surface area contributed by atoms with Crippen LogP contribution in [0.2, 0.25) is 0 Å². The Balaban J connectivity index is 0.000000438. The lowest BCUT2D eigenvalue weighted by molar-refractivity contribution is -0.127. The van der Waals surface area contributed by atoms with Crippen LogP contribution >= 0.6 is 35.7 Å². The molecule has 0 radical (unpaired) electrons. The van der Waals surface area contributed by atoms with Crippen molar-refractivity contribution in [3.63, 3.8) is 0 Å². The summed E-state index contributed by atoms with van der Waals surface area (Å²) in [4.78, 5) is 2.24.